The number of methoxy groups -OCH3 is 2. The Morgan fingerprint density at radius 2 is 1.73 bits per heavy atom. The van der Waals surface area contributed by atoms with E-state index in [1.807, 2.05) is 44.2 Å². The Morgan fingerprint density at radius 1 is 1.03 bits per heavy atom. The predicted octanol–water partition coefficient (Wildman–Crippen LogP) is 3.18. The molecule has 0 unspecified atom stereocenters. The van der Waals surface area contributed by atoms with Gasteiger partial charge >= 0.3 is 0 Å². The van der Waals surface area contributed by atoms with Crippen LogP contribution in [-0.4, -0.2) is 41.3 Å². The maximum Gasteiger partial charge on any atom is 0.232 e. The van der Waals surface area contributed by atoms with E-state index in [0.29, 0.717) is 30.2 Å². The molecule has 0 aliphatic rings. The quantitative estimate of drug-likeness (QED) is 0.621. The van der Waals surface area contributed by atoms with Crippen molar-refractivity contribution in [2.24, 2.45) is 0 Å². The first kappa shape index (κ1) is 23.5. The number of anilines is 1. The average Bonchev–Trinajstić information content (AvgIpc) is 2.69. The molecule has 7 nitrogen and oxygen atoms in total. The van der Waals surface area contributed by atoms with Crippen LogP contribution in [0.15, 0.2) is 36.4 Å². The van der Waals surface area contributed by atoms with E-state index in [0.717, 1.165) is 16.7 Å². The van der Waals surface area contributed by atoms with E-state index in [4.69, 9.17) is 9.47 Å². The number of carbonyl (C=O) groups is 1. The summed E-state index contributed by atoms with van der Waals surface area (Å²) in [6, 6.07) is 11.1. The van der Waals surface area contributed by atoms with Crippen molar-refractivity contribution in [2.45, 2.75) is 33.2 Å². The molecule has 1 N–H and O–H groups in total. The van der Waals surface area contributed by atoms with Crippen LogP contribution >= 0.6 is 0 Å². The second kappa shape index (κ2) is 10.3. The lowest BCUT2D eigenvalue weighted by Crippen LogP contribution is -2.32. The Balaban J connectivity index is 1.93. The fourth-order valence-electron chi connectivity index (χ4n) is 3.21. The van der Waals surface area contributed by atoms with Crippen molar-refractivity contribution in [1.82, 2.24) is 5.32 Å². The molecule has 2 aromatic carbocycles. The molecule has 0 fully saturated rings. The summed E-state index contributed by atoms with van der Waals surface area (Å²) in [6.07, 6.45) is 1.83. The lowest BCUT2D eigenvalue weighted by Gasteiger charge is -2.24. The summed E-state index contributed by atoms with van der Waals surface area (Å²) >= 11 is 0. The molecule has 0 aliphatic heterocycles. The standard InChI is InChI=1S/C22H30N2O5S/c1-16-8-10-19(17(2)13-16)24(30(5,26)27)12-6-7-22(25)23-15-18-9-11-20(28-3)21(14-18)29-4/h8-11,13-14H,6-7,12,15H2,1-5H3,(H,23,25). The number of hydrogen-bond acceptors (Lipinski definition) is 5. The van der Waals surface area contributed by atoms with Gasteiger partial charge in [0.05, 0.1) is 26.2 Å². The Morgan fingerprint density at radius 3 is 2.33 bits per heavy atom. The van der Waals surface area contributed by atoms with Crippen molar-refractivity contribution in [3.63, 3.8) is 0 Å². The Labute approximate surface area is 179 Å². The highest BCUT2D eigenvalue weighted by Gasteiger charge is 2.19. The maximum atomic E-state index is 12.3. The third kappa shape index (κ3) is 6.38. The van der Waals surface area contributed by atoms with Crippen LogP contribution in [-0.2, 0) is 21.4 Å². The molecule has 2 rings (SSSR count). The van der Waals surface area contributed by atoms with Gasteiger partial charge in [0, 0.05) is 19.5 Å². The summed E-state index contributed by atoms with van der Waals surface area (Å²) in [4.78, 5) is 12.2. The van der Waals surface area contributed by atoms with Crippen LogP contribution in [0.2, 0.25) is 0 Å². The molecular formula is C22H30N2O5S. The van der Waals surface area contributed by atoms with Crippen LogP contribution in [0.4, 0.5) is 5.69 Å². The van der Waals surface area contributed by atoms with Gasteiger partial charge in [-0.15, -0.1) is 0 Å². The highest BCUT2D eigenvalue weighted by molar-refractivity contribution is 7.92. The monoisotopic (exact) mass is 434 g/mol. The number of rotatable bonds is 10. The van der Waals surface area contributed by atoms with Gasteiger partial charge in [-0.3, -0.25) is 9.10 Å². The van der Waals surface area contributed by atoms with E-state index in [9.17, 15) is 13.2 Å². The first-order valence-corrected chi connectivity index (χ1v) is 11.5. The average molecular weight is 435 g/mol. The number of amides is 1. The minimum atomic E-state index is -3.44. The Hall–Kier alpha value is -2.74. The fourth-order valence-corrected chi connectivity index (χ4v) is 4.24. The summed E-state index contributed by atoms with van der Waals surface area (Å²) in [6.45, 7) is 4.44. The number of hydrogen-bond donors (Lipinski definition) is 1. The number of ether oxygens (including phenoxy) is 2. The second-order valence-electron chi connectivity index (χ2n) is 7.19. The van der Waals surface area contributed by atoms with Crippen LogP contribution in [0.5, 0.6) is 11.5 Å². The largest absolute Gasteiger partial charge is 0.493 e. The van der Waals surface area contributed by atoms with Crippen LogP contribution in [0.3, 0.4) is 0 Å². The number of nitrogens with zero attached hydrogens (tertiary/aromatic N) is 1. The van der Waals surface area contributed by atoms with E-state index < -0.39 is 10.0 Å². The molecule has 0 aliphatic carbocycles. The van der Waals surface area contributed by atoms with Crippen molar-refractivity contribution in [2.75, 3.05) is 31.3 Å². The number of nitrogens with one attached hydrogen (secondary N) is 1. The summed E-state index contributed by atoms with van der Waals surface area (Å²) in [5, 5.41) is 2.86. The molecule has 8 heteroatoms. The smallest absolute Gasteiger partial charge is 0.232 e. The third-order valence-corrected chi connectivity index (χ3v) is 5.90. The van der Waals surface area contributed by atoms with E-state index in [-0.39, 0.29) is 18.9 Å². The van der Waals surface area contributed by atoms with Crippen LogP contribution in [0.1, 0.15) is 29.5 Å². The summed E-state index contributed by atoms with van der Waals surface area (Å²) < 4.78 is 36.4. The van der Waals surface area contributed by atoms with Gasteiger partial charge in [0.2, 0.25) is 15.9 Å². The lowest BCUT2D eigenvalue weighted by atomic mass is 10.1. The van der Waals surface area contributed by atoms with Crippen molar-refractivity contribution in [1.29, 1.82) is 0 Å². The maximum absolute atomic E-state index is 12.3. The summed E-state index contributed by atoms with van der Waals surface area (Å²) in [7, 11) is -0.319. The van der Waals surface area contributed by atoms with E-state index >= 15 is 0 Å². The summed E-state index contributed by atoms with van der Waals surface area (Å²) in [5.41, 5.74) is 3.49. The Bertz CT molecular complexity index is 989. The molecule has 0 heterocycles. The topological polar surface area (TPSA) is 84.9 Å². The zero-order chi connectivity index (χ0) is 22.3. The SMILES string of the molecule is COc1ccc(CNC(=O)CCCN(c2ccc(C)cc2C)S(C)(=O)=O)cc1OC. The molecule has 0 saturated carbocycles. The minimum Gasteiger partial charge on any atom is -0.493 e. The highest BCUT2D eigenvalue weighted by atomic mass is 32.2. The van der Waals surface area contributed by atoms with Gasteiger partial charge in [-0.25, -0.2) is 8.42 Å². The summed E-state index contributed by atoms with van der Waals surface area (Å²) in [5.74, 6) is 1.08. The lowest BCUT2D eigenvalue weighted by molar-refractivity contribution is -0.121. The molecule has 0 atom stereocenters. The molecule has 30 heavy (non-hydrogen) atoms. The van der Waals surface area contributed by atoms with E-state index in [2.05, 4.69) is 5.32 Å². The number of benzene rings is 2. The van der Waals surface area contributed by atoms with Gasteiger partial charge in [-0.1, -0.05) is 23.8 Å². The van der Waals surface area contributed by atoms with Crippen LogP contribution in [0.25, 0.3) is 0 Å². The molecule has 1 amide bonds. The van der Waals surface area contributed by atoms with Crippen molar-refractivity contribution >= 4 is 21.6 Å². The number of carbonyl (C=O) groups excluding carboxylic acids is 1. The molecule has 0 aromatic heterocycles. The molecule has 0 radical (unpaired) electrons. The second-order valence-corrected chi connectivity index (χ2v) is 9.10. The van der Waals surface area contributed by atoms with Gasteiger partial charge < -0.3 is 14.8 Å². The number of sulfonamides is 1. The van der Waals surface area contributed by atoms with Crippen LogP contribution < -0.4 is 19.1 Å². The molecule has 0 spiro atoms. The molecule has 0 bridgehead atoms. The van der Waals surface area contributed by atoms with Crippen LogP contribution in [0, 0.1) is 13.8 Å². The zero-order valence-corrected chi connectivity index (χ0v) is 19.0. The van der Waals surface area contributed by atoms with Gasteiger partial charge in [-0.2, -0.15) is 0 Å². The molecule has 164 valence electrons. The van der Waals surface area contributed by atoms with Gasteiger partial charge in [0.25, 0.3) is 0 Å². The van der Waals surface area contributed by atoms with Crippen molar-refractivity contribution in [3.05, 3.63) is 53.1 Å². The first-order valence-electron chi connectivity index (χ1n) is 9.68. The molecular weight excluding hydrogens is 404 g/mol. The highest BCUT2D eigenvalue weighted by Crippen LogP contribution is 2.27. The fraction of sp³-hybridized carbons (Fsp3) is 0.409. The van der Waals surface area contributed by atoms with E-state index in [1.54, 1.807) is 20.3 Å². The first-order chi connectivity index (χ1) is 14.2. The van der Waals surface area contributed by atoms with E-state index in [1.165, 1.54) is 10.6 Å². The zero-order valence-electron chi connectivity index (χ0n) is 18.2. The van der Waals surface area contributed by atoms with Gasteiger partial charge in [0.15, 0.2) is 11.5 Å². The van der Waals surface area contributed by atoms with Crippen molar-refractivity contribution in [3.8, 4) is 11.5 Å². The Kier molecular flexibility index (Phi) is 8.11. The minimum absolute atomic E-state index is 0.140. The molecule has 0 saturated heterocycles. The van der Waals surface area contributed by atoms with Gasteiger partial charge in [-0.05, 0) is 49.6 Å². The third-order valence-electron chi connectivity index (χ3n) is 4.72. The normalized spacial score (nSPS) is 11.1. The van der Waals surface area contributed by atoms with Gasteiger partial charge in [0.1, 0.15) is 0 Å². The predicted molar refractivity (Wildman–Crippen MR) is 119 cm³/mol. The molecule has 2 aromatic rings. The number of aryl methyl sites for hydroxylation is 2. The van der Waals surface area contributed by atoms with Crippen molar-refractivity contribution < 1.29 is 22.7 Å².